The van der Waals surface area contributed by atoms with Gasteiger partial charge in [0.2, 0.25) is 0 Å². The van der Waals surface area contributed by atoms with E-state index in [1.807, 2.05) is 24.3 Å². The van der Waals surface area contributed by atoms with Crippen molar-refractivity contribution in [2.45, 2.75) is 44.4 Å². The van der Waals surface area contributed by atoms with Gasteiger partial charge in [-0.15, -0.1) is 0 Å². The Bertz CT molecular complexity index is 1140. The van der Waals surface area contributed by atoms with E-state index in [2.05, 4.69) is 9.88 Å². The highest BCUT2D eigenvalue weighted by molar-refractivity contribution is 5.83. The number of aliphatic carboxylic acids is 1. The number of piperidine rings is 1. The van der Waals surface area contributed by atoms with Crippen molar-refractivity contribution in [3.63, 3.8) is 0 Å². The van der Waals surface area contributed by atoms with E-state index in [1.165, 1.54) is 0 Å². The number of fused-ring (bicyclic) bond motifs is 1. The lowest BCUT2D eigenvalue weighted by Crippen LogP contribution is -2.44. The molecular weight excluding hydrogens is 462 g/mol. The Hall–Kier alpha value is -3.06. The number of nitrogens with zero attached hydrogens (tertiary/aromatic N) is 2. The number of hydrogen-bond donors (Lipinski definition) is 1. The summed E-state index contributed by atoms with van der Waals surface area (Å²) in [6, 6.07) is 16.2. The smallest absolute Gasteiger partial charge is 0.308 e. The summed E-state index contributed by atoms with van der Waals surface area (Å²) >= 11 is 0. The quantitative estimate of drug-likeness (QED) is 0.326. The van der Waals surface area contributed by atoms with Crippen molar-refractivity contribution in [1.29, 1.82) is 0 Å². The Balaban J connectivity index is 1.31. The monoisotopic (exact) mass is 496 g/mol. The highest BCUT2D eigenvalue weighted by Gasteiger charge is 2.34. The van der Waals surface area contributed by atoms with Crippen molar-refractivity contribution in [2.75, 3.05) is 26.7 Å². The zero-order chi connectivity index (χ0) is 25.5. The third-order valence-corrected chi connectivity index (χ3v) is 7.36. The number of pyridine rings is 1. The molecule has 0 aliphatic carbocycles. The second-order valence-electron chi connectivity index (χ2n) is 9.64. The standard InChI is InChI=1S/C29H34F2N2O3/c1-36-22-10-12-28-24(18-22)23(13-15-32-28)27(31)11-9-20-14-17-33(19-25(20)29(34)35)16-5-8-26(30)21-6-3-2-4-7-21/h2-4,6-7,10,12-13,15,18,20,25-27H,5,8-9,11,14,16-17,19H2,1H3,(H,34,35)/t20-,25+,26?,27?/m1/s1. The van der Waals surface area contributed by atoms with Crippen LogP contribution in [-0.2, 0) is 4.79 Å². The number of carboxylic acid groups (broad SMARTS) is 1. The van der Waals surface area contributed by atoms with Crippen LogP contribution in [0.15, 0.2) is 60.8 Å². The fourth-order valence-corrected chi connectivity index (χ4v) is 5.28. The van der Waals surface area contributed by atoms with Gasteiger partial charge in [-0.3, -0.25) is 9.78 Å². The maximum absolute atomic E-state index is 15.4. The highest BCUT2D eigenvalue weighted by Crippen LogP contribution is 2.35. The third kappa shape index (κ3) is 6.38. The summed E-state index contributed by atoms with van der Waals surface area (Å²) in [4.78, 5) is 18.5. The van der Waals surface area contributed by atoms with E-state index >= 15 is 4.39 Å². The minimum Gasteiger partial charge on any atom is -0.497 e. The molecule has 2 aromatic carbocycles. The van der Waals surface area contributed by atoms with E-state index in [0.717, 1.165) is 11.9 Å². The summed E-state index contributed by atoms with van der Waals surface area (Å²) in [5, 5.41) is 10.6. The Morgan fingerprint density at radius 2 is 1.94 bits per heavy atom. The molecule has 1 aliphatic heterocycles. The molecule has 36 heavy (non-hydrogen) atoms. The Labute approximate surface area is 211 Å². The van der Waals surface area contributed by atoms with Crippen molar-refractivity contribution >= 4 is 16.9 Å². The second-order valence-corrected chi connectivity index (χ2v) is 9.64. The van der Waals surface area contributed by atoms with Gasteiger partial charge in [-0.1, -0.05) is 30.3 Å². The van der Waals surface area contributed by atoms with Gasteiger partial charge in [0.05, 0.1) is 18.5 Å². The lowest BCUT2D eigenvalue weighted by molar-refractivity contribution is -0.146. The number of rotatable bonds is 11. The second kappa shape index (κ2) is 12.3. The fraction of sp³-hybridized carbons (Fsp3) is 0.448. The van der Waals surface area contributed by atoms with Crippen molar-refractivity contribution in [3.05, 3.63) is 71.9 Å². The van der Waals surface area contributed by atoms with Crippen LogP contribution in [0.3, 0.4) is 0 Å². The van der Waals surface area contributed by atoms with Crippen LogP contribution in [-0.4, -0.2) is 47.7 Å². The van der Waals surface area contributed by atoms with Gasteiger partial charge < -0.3 is 14.7 Å². The van der Waals surface area contributed by atoms with E-state index in [1.54, 1.807) is 43.6 Å². The number of likely N-dealkylation sites (tertiary alicyclic amines) is 1. The highest BCUT2D eigenvalue weighted by atomic mass is 19.1. The molecule has 3 aromatic rings. The molecular formula is C29H34F2N2O3. The minimum absolute atomic E-state index is 0.0853. The molecule has 0 radical (unpaired) electrons. The topological polar surface area (TPSA) is 62.7 Å². The van der Waals surface area contributed by atoms with Crippen LogP contribution in [0, 0.1) is 11.8 Å². The van der Waals surface area contributed by atoms with Gasteiger partial charge in [-0.25, -0.2) is 8.78 Å². The van der Waals surface area contributed by atoms with Crippen LogP contribution < -0.4 is 4.74 Å². The van der Waals surface area contributed by atoms with Gasteiger partial charge in [0.15, 0.2) is 0 Å². The maximum Gasteiger partial charge on any atom is 0.308 e. The molecule has 5 nitrogen and oxygen atoms in total. The first-order valence-electron chi connectivity index (χ1n) is 12.7. The maximum atomic E-state index is 15.4. The van der Waals surface area contributed by atoms with Gasteiger partial charge in [-0.2, -0.15) is 0 Å². The predicted octanol–water partition coefficient (Wildman–Crippen LogP) is 6.55. The van der Waals surface area contributed by atoms with Crippen LogP contribution in [0.4, 0.5) is 8.78 Å². The largest absolute Gasteiger partial charge is 0.497 e. The molecule has 2 heterocycles. The molecule has 1 saturated heterocycles. The van der Waals surface area contributed by atoms with E-state index in [-0.39, 0.29) is 12.3 Å². The van der Waals surface area contributed by atoms with Crippen LogP contribution >= 0.6 is 0 Å². The first kappa shape index (κ1) is 26.0. The van der Waals surface area contributed by atoms with Crippen LogP contribution in [0.2, 0.25) is 0 Å². The zero-order valence-electron chi connectivity index (χ0n) is 20.7. The molecule has 4 atom stereocenters. The minimum atomic E-state index is -1.21. The number of hydrogen-bond acceptors (Lipinski definition) is 4. The average molecular weight is 497 g/mol. The Kier molecular flexibility index (Phi) is 8.86. The van der Waals surface area contributed by atoms with Gasteiger partial charge in [0, 0.05) is 18.1 Å². The van der Waals surface area contributed by atoms with Gasteiger partial charge in [0.1, 0.15) is 18.1 Å². The molecule has 4 rings (SSSR count). The SMILES string of the molecule is COc1ccc2nccc(C(F)CC[C@@H]3CCN(CCCC(F)c4ccccc4)C[C@@H]3C(=O)O)c2c1. The van der Waals surface area contributed by atoms with Crippen molar-refractivity contribution in [1.82, 2.24) is 9.88 Å². The van der Waals surface area contributed by atoms with Crippen molar-refractivity contribution in [2.24, 2.45) is 11.8 Å². The third-order valence-electron chi connectivity index (χ3n) is 7.36. The normalized spacial score (nSPS) is 20.2. The van der Waals surface area contributed by atoms with Gasteiger partial charge in [-0.05, 0) is 86.5 Å². The lowest BCUT2D eigenvalue weighted by Gasteiger charge is -2.37. The van der Waals surface area contributed by atoms with Crippen LogP contribution in [0.1, 0.15) is 55.6 Å². The number of alkyl halides is 2. The molecule has 0 amide bonds. The molecule has 0 saturated carbocycles. The summed E-state index contributed by atoms with van der Waals surface area (Å²) in [6.45, 7) is 1.85. The Morgan fingerprint density at radius 3 is 2.69 bits per heavy atom. The van der Waals surface area contributed by atoms with Crippen molar-refractivity contribution in [3.8, 4) is 5.75 Å². The first-order chi connectivity index (χ1) is 17.5. The summed E-state index contributed by atoms with van der Waals surface area (Å²) < 4.78 is 35.1. The molecule has 1 N–H and O–H groups in total. The van der Waals surface area contributed by atoms with Crippen LogP contribution in [0.25, 0.3) is 10.9 Å². The molecule has 0 bridgehead atoms. The average Bonchev–Trinajstić information content (AvgIpc) is 2.91. The number of carboxylic acids is 1. The lowest BCUT2D eigenvalue weighted by atomic mass is 9.81. The molecule has 1 aromatic heterocycles. The Morgan fingerprint density at radius 1 is 1.14 bits per heavy atom. The van der Waals surface area contributed by atoms with E-state index < -0.39 is 24.2 Å². The predicted molar refractivity (Wildman–Crippen MR) is 137 cm³/mol. The fourth-order valence-electron chi connectivity index (χ4n) is 5.28. The van der Waals surface area contributed by atoms with Crippen molar-refractivity contribution < 1.29 is 23.4 Å². The van der Waals surface area contributed by atoms with Gasteiger partial charge >= 0.3 is 5.97 Å². The summed E-state index contributed by atoms with van der Waals surface area (Å²) in [5.74, 6) is -0.828. The summed E-state index contributed by atoms with van der Waals surface area (Å²) in [7, 11) is 1.57. The van der Waals surface area contributed by atoms with E-state index in [9.17, 15) is 14.3 Å². The molecule has 0 spiro atoms. The summed E-state index contributed by atoms with van der Waals surface area (Å²) in [6.07, 6.45) is 1.92. The number of aromatic nitrogens is 1. The van der Waals surface area contributed by atoms with E-state index in [4.69, 9.17) is 4.74 Å². The number of ether oxygens (including phenoxy) is 1. The van der Waals surface area contributed by atoms with Gasteiger partial charge in [0.25, 0.3) is 0 Å². The first-order valence-corrected chi connectivity index (χ1v) is 12.7. The molecule has 1 aliphatic rings. The van der Waals surface area contributed by atoms with E-state index in [0.29, 0.717) is 61.2 Å². The number of methoxy groups -OCH3 is 1. The molecule has 2 unspecified atom stereocenters. The number of halogens is 2. The zero-order valence-corrected chi connectivity index (χ0v) is 20.7. The molecule has 192 valence electrons. The van der Waals surface area contributed by atoms with Crippen LogP contribution in [0.5, 0.6) is 5.75 Å². The summed E-state index contributed by atoms with van der Waals surface area (Å²) in [5.41, 5.74) is 1.94. The number of benzene rings is 2. The number of carbonyl (C=O) groups is 1. The molecule has 7 heteroatoms. The molecule has 1 fully saturated rings.